The molecule has 0 spiro atoms. The standard InChI is InChI=1S/C34H40O20/c1-34(49,7-18(38)39)8-19(40)51-10-17-24(42)28(46)29(47)32(54-17)21-25(43)20-13(37)6-14(11-3-4-12(36)15(5-11)50-2)52-31(20)22(26(21)44)33-30(48)27(45)23(41)16(9-35)53-33/h3-6,16-17,23-24,27-30,32-33,35-36,41-49H,7-10H2,1-2H3,(H,38,39)/t16-,17-,23-,24-,27+,28+,29-,30-,32+,33+,34?/m1/s1. The van der Waals surface area contributed by atoms with Crippen molar-refractivity contribution in [3.8, 4) is 34.3 Å². The number of aliphatic carboxylic acids is 1. The molecule has 0 amide bonds. The fourth-order valence-electron chi connectivity index (χ4n) is 6.51. The van der Waals surface area contributed by atoms with Crippen LogP contribution in [0.15, 0.2) is 33.5 Å². The van der Waals surface area contributed by atoms with Crippen LogP contribution in [-0.4, -0.2) is 148 Å². The van der Waals surface area contributed by atoms with Crippen molar-refractivity contribution < 1.29 is 94.2 Å². The van der Waals surface area contributed by atoms with Crippen LogP contribution in [0.25, 0.3) is 22.3 Å². The first-order valence-electron chi connectivity index (χ1n) is 16.3. The van der Waals surface area contributed by atoms with Gasteiger partial charge in [0.25, 0.3) is 0 Å². The minimum Gasteiger partial charge on any atom is -0.507 e. The summed E-state index contributed by atoms with van der Waals surface area (Å²) in [6.07, 6.45) is -21.4. The molecule has 0 aliphatic carbocycles. The van der Waals surface area contributed by atoms with Crippen molar-refractivity contribution in [1.82, 2.24) is 0 Å². The van der Waals surface area contributed by atoms with Crippen LogP contribution in [0.5, 0.6) is 23.0 Å². The zero-order chi connectivity index (χ0) is 40.0. The average Bonchev–Trinajstić information content (AvgIpc) is 3.10. The maximum atomic E-state index is 13.8. The molecular formula is C34H40O20. The summed E-state index contributed by atoms with van der Waals surface area (Å²) in [5.41, 5.74) is -5.13. The smallest absolute Gasteiger partial charge is 0.308 e. The van der Waals surface area contributed by atoms with E-state index in [9.17, 15) is 70.6 Å². The van der Waals surface area contributed by atoms with E-state index in [1.807, 2.05) is 0 Å². The Morgan fingerprint density at radius 2 is 1.41 bits per heavy atom. The highest BCUT2D eigenvalue weighted by molar-refractivity contribution is 5.92. The van der Waals surface area contributed by atoms with Gasteiger partial charge in [-0.2, -0.15) is 0 Å². The number of carboxylic acid groups (broad SMARTS) is 1. The number of hydrogen-bond donors (Lipinski definition) is 12. The second kappa shape index (κ2) is 15.6. The summed E-state index contributed by atoms with van der Waals surface area (Å²) in [5, 5.41) is 127. The number of aliphatic hydroxyl groups is 8. The maximum absolute atomic E-state index is 13.8. The second-order valence-electron chi connectivity index (χ2n) is 13.3. The van der Waals surface area contributed by atoms with Crippen molar-refractivity contribution >= 4 is 22.9 Å². The van der Waals surface area contributed by atoms with E-state index in [4.69, 9.17) is 28.5 Å². The molecule has 2 fully saturated rings. The average molecular weight is 769 g/mol. The van der Waals surface area contributed by atoms with Gasteiger partial charge < -0.3 is 84.6 Å². The molecule has 12 N–H and O–H groups in total. The molecule has 1 unspecified atom stereocenters. The normalized spacial score (nSPS) is 29.7. The SMILES string of the molecule is COc1cc(-c2cc(=O)c3c(O)c([C@@H]4O[C@H](COC(=O)CC(C)(O)CC(=O)O)[C@@H](O)[C@H](O)[C@H]4O)c(O)c([C@@H]4O[C@H](CO)[C@@H](O)[C@H](O)[C@H]4O)c3o2)ccc1O. The van der Waals surface area contributed by atoms with E-state index in [1.165, 1.54) is 25.3 Å². The zero-order valence-corrected chi connectivity index (χ0v) is 28.5. The van der Waals surface area contributed by atoms with E-state index in [0.29, 0.717) is 0 Å². The molecule has 3 aromatic rings. The maximum Gasteiger partial charge on any atom is 0.308 e. The quantitative estimate of drug-likeness (QED) is 0.0919. The highest BCUT2D eigenvalue weighted by Crippen LogP contribution is 2.51. The summed E-state index contributed by atoms with van der Waals surface area (Å²) < 4.78 is 27.5. The number of carboxylic acids is 1. The van der Waals surface area contributed by atoms with Crippen molar-refractivity contribution in [2.24, 2.45) is 0 Å². The van der Waals surface area contributed by atoms with Gasteiger partial charge in [0.05, 0.1) is 43.3 Å². The number of aromatic hydroxyl groups is 3. The highest BCUT2D eigenvalue weighted by atomic mass is 16.6. The van der Waals surface area contributed by atoms with E-state index < -0.39 is 144 Å². The van der Waals surface area contributed by atoms with Crippen LogP contribution in [0.3, 0.4) is 0 Å². The Hall–Kier alpha value is -4.61. The molecule has 54 heavy (non-hydrogen) atoms. The van der Waals surface area contributed by atoms with Crippen molar-refractivity contribution in [3.05, 3.63) is 45.6 Å². The van der Waals surface area contributed by atoms with Crippen LogP contribution in [0.2, 0.25) is 0 Å². The van der Waals surface area contributed by atoms with Crippen molar-refractivity contribution in [2.45, 2.75) is 86.4 Å². The molecule has 20 nitrogen and oxygen atoms in total. The third kappa shape index (κ3) is 7.66. The number of rotatable bonds is 11. The molecule has 0 saturated carbocycles. The van der Waals surface area contributed by atoms with Gasteiger partial charge in [0.15, 0.2) is 22.5 Å². The highest BCUT2D eigenvalue weighted by Gasteiger charge is 2.50. The van der Waals surface area contributed by atoms with Crippen LogP contribution in [0.1, 0.15) is 43.1 Å². The number of ether oxygens (including phenoxy) is 4. The Kier molecular flexibility index (Phi) is 11.7. The van der Waals surface area contributed by atoms with Gasteiger partial charge in [0.2, 0.25) is 0 Å². The molecule has 2 saturated heterocycles. The summed E-state index contributed by atoms with van der Waals surface area (Å²) in [7, 11) is 1.25. The van der Waals surface area contributed by atoms with Gasteiger partial charge in [-0.15, -0.1) is 0 Å². The Morgan fingerprint density at radius 3 is 2.00 bits per heavy atom. The summed E-state index contributed by atoms with van der Waals surface area (Å²) in [4.78, 5) is 37.3. The molecule has 296 valence electrons. The molecule has 0 bridgehead atoms. The predicted octanol–water partition coefficient (Wildman–Crippen LogP) is -2.22. The monoisotopic (exact) mass is 768 g/mol. The molecule has 5 rings (SSSR count). The molecule has 0 radical (unpaired) electrons. The molecule has 1 aromatic heterocycles. The minimum absolute atomic E-state index is 0.0412. The van der Waals surface area contributed by atoms with Crippen LogP contribution in [-0.2, 0) is 23.8 Å². The van der Waals surface area contributed by atoms with E-state index >= 15 is 0 Å². The number of benzene rings is 2. The third-order valence-electron chi connectivity index (χ3n) is 9.30. The number of phenols is 3. The number of aliphatic hydroxyl groups excluding tert-OH is 7. The zero-order valence-electron chi connectivity index (χ0n) is 28.5. The van der Waals surface area contributed by atoms with Gasteiger partial charge in [-0.25, -0.2) is 0 Å². The lowest BCUT2D eigenvalue weighted by Gasteiger charge is -2.42. The van der Waals surface area contributed by atoms with Crippen LogP contribution in [0, 0.1) is 0 Å². The minimum atomic E-state index is -2.20. The number of fused-ring (bicyclic) bond motifs is 1. The molecule has 2 aliphatic rings. The summed E-state index contributed by atoms with van der Waals surface area (Å²) >= 11 is 0. The topological polar surface area (TPSA) is 344 Å². The number of esters is 1. The van der Waals surface area contributed by atoms with Gasteiger partial charge in [-0.1, -0.05) is 0 Å². The van der Waals surface area contributed by atoms with E-state index in [2.05, 4.69) is 0 Å². The Labute approximate surface area is 303 Å². The lowest BCUT2D eigenvalue weighted by atomic mass is 9.85. The van der Waals surface area contributed by atoms with Gasteiger partial charge >= 0.3 is 11.9 Å². The van der Waals surface area contributed by atoms with Crippen molar-refractivity contribution in [3.63, 3.8) is 0 Å². The third-order valence-corrected chi connectivity index (χ3v) is 9.30. The Bertz CT molecular complexity index is 1940. The van der Waals surface area contributed by atoms with Crippen molar-refractivity contribution in [1.29, 1.82) is 0 Å². The molecule has 2 aliphatic heterocycles. The van der Waals surface area contributed by atoms with Crippen LogP contribution < -0.4 is 10.2 Å². The first-order valence-corrected chi connectivity index (χ1v) is 16.3. The van der Waals surface area contributed by atoms with Gasteiger partial charge in [0.1, 0.15) is 90.3 Å². The van der Waals surface area contributed by atoms with E-state index in [0.717, 1.165) is 13.0 Å². The lowest BCUT2D eigenvalue weighted by molar-refractivity contribution is -0.236. The number of methoxy groups -OCH3 is 1. The summed E-state index contributed by atoms with van der Waals surface area (Å²) in [6, 6.07) is 4.70. The van der Waals surface area contributed by atoms with Gasteiger partial charge in [-0.05, 0) is 25.1 Å². The lowest BCUT2D eigenvalue weighted by Crippen LogP contribution is -2.56. The second-order valence-corrected chi connectivity index (χ2v) is 13.3. The number of carbonyl (C=O) groups excluding carboxylic acids is 1. The van der Waals surface area contributed by atoms with Gasteiger partial charge in [-0.3, -0.25) is 14.4 Å². The van der Waals surface area contributed by atoms with Gasteiger partial charge in [0, 0.05) is 11.6 Å². The van der Waals surface area contributed by atoms with Crippen LogP contribution in [0.4, 0.5) is 0 Å². The Balaban J connectivity index is 1.65. The summed E-state index contributed by atoms with van der Waals surface area (Å²) in [6.45, 7) is -0.752. The predicted molar refractivity (Wildman–Crippen MR) is 176 cm³/mol. The Morgan fingerprint density at radius 1 is 0.815 bits per heavy atom. The van der Waals surface area contributed by atoms with E-state index in [1.54, 1.807) is 0 Å². The number of carbonyl (C=O) groups is 2. The molecule has 2 aromatic carbocycles. The number of hydrogen-bond acceptors (Lipinski definition) is 19. The first kappa shape index (κ1) is 40.6. The molecular weight excluding hydrogens is 728 g/mol. The molecule has 20 heteroatoms. The summed E-state index contributed by atoms with van der Waals surface area (Å²) in [5.74, 6) is -5.37. The van der Waals surface area contributed by atoms with Crippen LogP contribution >= 0.6 is 0 Å². The molecule has 11 atom stereocenters. The molecule has 3 heterocycles. The van der Waals surface area contributed by atoms with E-state index in [-0.39, 0.29) is 22.8 Å². The fraction of sp³-hybridized carbons (Fsp3) is 0.500. The van der Waals surface area contributed by atoms with Crippen molar-refractivity contribution in [2.75, 3.05) is 20.3 Å². The first-order chi connectivity index (χ1) is 25.3. The fourth-order valence-corrected chi connectivity index (χ4v) is 6.51. The number of phenolic OH excluding ortho intramolecular Hbond substituents is 3. The largest absolute Gasteiger partial charge is 0.507 e.